The Kier molecular flexibility index (Phi) is 4.49. The third-order valence-electron chi connectivity index (χ3n) is 4.84. The Morgan fingerprint density at radius 3 is 2.68 bits per heavy atom. The summed E-state index contributed by atoms with van der Waals surface area (Å²) in [6.07, 6.45) is 0.646. The minimum absolute atomic E-state index is 0.0201. The molecule has 0 saturated heterocycles. The number of nitro groups is 1. The standard InChI is InChI=1S/C21H17N3O4/c25-20(22-18-7-3-5-14-4-1-2-6-17(14)18)13-23-19-10-9-16(24(27)28)12-15(19)8-11-21(23)26/h1-7,9-10,12H,8,11,13H2,(H,22,25). The number of aryl methyl sites for hydroxylation is 1. The van der Waals surface area contributed by atoms with Gasteiger partial charge in [0, 0.05) is 35.3 Å². The lowest BCUT2D eigenvalue weighted by Gasteiger charge is -2.28. The number of fused-ring (bicyclic) bond motifs is 2. The molecular formula is C21H17N3O4. The molecule has 7 nitrogen and oxygen atoms in total. The number of carbonyl (C=O) groups excluding carboxylic acids is 2. The van der Waals surface area contributed by atoms with Gasteiger partial charge in [-0.1, -0.05) is 36.4 Å². The Morgan fingerprint density at radius 2 is 1.86 bits per heavy atom. The third kappa shape index (κ3) is 3.29. The molecule has 1 N–H and O–H groups in total. The number of anilines is 2. The molecule has 1 aliphatic heterocycles. The van der Waals surface area contributed by atoms with Crippen LogP contribution < -0.4 is 10.2 Å². The SMILES string of the molecule is O=C(CN1C(=O)CCc2cc([N+](=O)[O-])ccc21)Nc1cccc2ccccc12. The van der Waals surface area contributed by atoms with E-state index < -0.39 is 4.92 Å². The van der Waals surface area contributed by atoms with Crippen molar-refractivity contribution in [2.45, 2.75) is 12.8 Å². The zero-order valence-electron chi connectivity index (χ0n) is 14.9. The Bertz CT molecular complexity index is 1100. The second-order valence-corrected chi connectivity index (χ2v) is 6.62. The summed E-state index contributed by atoms with van der Waals surface area (Å²) in [5.41, 5.74) is 1.91. The maximum absolute atomic E-state index is 12.6. The molecular weight excluding hydrogens is 358 g/mol. The van der Waals surface area contributed by atoms with Gasteiger partial charge in [-0.15, -0.1) is 0 Å². The molecule has 0 radical (unpaired) electrons. The Morgan fingerprint density at radius 1 is 1.07 bits per heavy atom. The maximum atomic E-state index is 12.6. The molecule has 0 spiro atoms. The average Bonchev–Trinajstić information content (AvgIpc) is 2.70. The zero-order chi connectivity index (χ0) is 19.7. The zero-order valence-corrected chi connectivity index (χ0v) is 14.9. The fourth-order valence-electron chi connectivity index (χ4n) is 3.50. The fourth-order valence-corrected chi connectivity index (χ4v) is 3.50. The number of non-ortho nitro benzene ring substituents is 1. The minimum atomic E-state index is -0.464. The summed E-state index contributed by atoms with van der Waals surface area (Å²) in [6, 6.07) is 17.7. The van der Waals surface area contributed by atoms with Crippen LogP contribution in [0.4, 0.5) is 17.1 Å². The molecule has 0 atom stereocenters. The quantitative estimate of drug-likeness (QED) is 0.556. The van der Waals surface area contributed by atoms with Gasteiger partial charge in [-0.05, 0) is 29.5 Å². The molecule has 1 heterocycles. The number of nitrogens with zero attached hydrogens (tertiary/aromatic N) is 2. The van der Waals surface area contributed by atoms with Crippen LogP contribution in [-0.2, 0) is 16.0 Å². The van der Waals surface area contributed by atoms with Crippen molar-refractivity contribution >= 4 is 39.6 Å². The molecule has 0 aliphatic carbocycles. The van der Waals surface area contributed by atoms with E-state index in [1.165, 1.54) is 23.1 Å². The van der Waals surface area contributed by atoms with Gasteiger partial charge in [0.15, 0.2) is 0 Å². The van der Waals surface area contributed by atoms with E-state index in [9.17, 15) is 19.7 Å². The summed E-state index contributed by atoms with van der Waals surface area (Å²) >= 11 is 0. The van der Waals surface area contributed by atoms with E-state index in [1.807, 2.05) is 42.5 Å². The largest absolute Gasteiger partial charge is 0.324 e. The van der Waals surface area contributed by atoms with Crippen LogP contribution in [0.2, 0.25) is 0 Å². The molecule has 0 saturated carbocycles. The first-order valence-electron chi connectivity index (χ1n) is 8.88. The molecule has 1 aliphatic rings. The lowest BCUT2D eigenvalue weighted by Crippen LogP contribution is -2.40. The second-order valence-electron chi connectivity index (χ2n) is 6.62. The first-order valence-corrected chi connectivity index (χ1v) is 8.88. The minimum Gasteiger partial charge on any atom is -0.324 e. The fraction of sp³-hybridized carbons (Fsp3) is 0.143. The van der Waals surface area contributed by atoms with Gasteiger partial charge in [-0.25, -0.2) is 0 Å². The molecule has 0 fully saturated rings. The number of hydrogen-bond acceptors (Lipinski definition) is 4. The van der Waals surface area contributed by atoms with Crippen LogP contribution in [-0.4, -0.2) is 23.3 Å². The first-order chi connectivity index (χ1) is 13.5. The van der Waals surface area contributed by atoms with Gasteiger partial charge in [0.2, 0.25) is 11.8 Å². The summed E-state index contributed by atoms with van der Waals surface area (Å²) in [6.45, 7) is -0.146. The van der Waals surface area contributed by atoms with Crippen LogP contribution in [0.5, 0.6) is 0 Å². The van der Waals surface area contributed by atoms with Crippen molar-refractivity contribution in [3.8, 4) is 0 Å². The van der Waals surface area contributed by atoms with Crippen LogP contribution >= 0.6 is 0 Å². The number of amides is 2. The number of benzene rings is 3. The van der Waals surface area contributed by atoms with Gasteiger partial charge in [-0.2, -0.15) is 0 Å². The number of nitro benzene ring substituents is 1. The number of hydrogen-bond donors (Lipinski definition) is 1. The molecule has 0 unspecified atom stereocenters. The molecule has 7 heteroatoms. The predicted octanol–water partition coefficient (Wildman–Crippen LogP) is 3.67. The van der Waals surface area contributed by atoms with Crippen molar-refractivity contribution < 1.29 is 14.5 Å². The Balaban J connectivity index is 1.58. The molecule has 140 valence electrons. The monoisotopic (exact) mass is 375 g/mol. The maximum Gasteiger partial charge on any atom is 0.269 e. The molecule has 2 amide bonds. The van der Waals surface area contributed by atoms with Gasteiger partial charge in [0.05, 0.1) is 4.92 Å². The summed E-state index contributed by atoms with van der Waals surface area (Å²) in [5.74, 6) is -0.495. The number of rotatable bonds is 4. The van der Waals surface area contributed by atoms with Crippen LogP contribution in [0, 0.1) is 10.1 Å². The Labute approximate surface area is 160 Å². The summed E-state index contributed by atoms with van der Waals surface area (Å²) in [7, 11) is 0. The summed E-state index contributed by atoms with van der Waals surface area (Å²) in [5, 5.41) is 15.8. The molecule has 3 aromatic rings. The van der Waals surface area contributed by atoms with Crippen LogP contribution in [0.15, 0.2) is 60.7 Å². The molecule has 0 aromatic heterocycles. The molecule has 0 bridgehead atoms. The van der Waals surface area contributed by atoms with Gasteiger partial charge in [0.1, 0.15) is 6.54 Å². The van der Waals surface area contributed by atoms with Crippen molar-refractivity contribution in [3.05, 3.63) is 76.3 Å². The summed E-state index contributed by atoms with van der Waals surface area (Å²) < 4.78 is 0. The molecule has 4 rings (SSSR count). The van der Waals surface area contributed by atoms with Crippen LogP contribution in [0.1, 0.15) is 12.0 Å². The number of carbonyl (C=O) groups is 2. The van der Waals surface area contributed by atoms with Crippen molar-refractivity contribution in [1.29, 1.82) is 0 Å². The van der Waals surface area contributed by atoms with Gasteiger partial charge in [0.25, 0.3) is 5.69 Å². The van der Waals surface area contributed by atoms with E-state index in [-0.39, 0.29) is 30.5 Å². The normalized spacial score (nSPS) is 13.3. The highest BCUT2D eigenvalue weighted by atomic mass is 16.6. The van der Waals surface area contributed by atoms with Gasteiger partial charge in [-0.3, -0.25) is 19.7 Å². The van der Waals surface area contributed by atoms with E-state index in [1.54, 1.807) is 0 Å². The van der Waals surface area contributed by atoms with E-state index in [2.05, 4.69) is 5.32 Å². The van der Waals surface area contributed by atoms with Crippen molar-refractivity contribution in [2.75, 3.05) is 16.8 Å². The first kappa shape index (κ1) is 17.7. The van der Waals surface area contributed by atoms with E-state index in [0.29, 0.717) is 23.4 Å². The number of nitrogens with one attached hydrogen (secondary N) is 1. The Hall–Kier alpha value is -3.74. The van der Waals surface area contributed by atoms with Crippen molar-refractivity contribution in [2.24, 2.45) is 0 Å². The lowest BCUT2D eigenvalue weighted by atomic mass is 10.0. The predicted molar refractivity (Wildman–Crippen MR) is 106 cm³/mol. The lowest BCUT2D eigenvalue weighted by molar-refractivity contribution is -0.384. The van der Waals surface area contributed by atoms with Crippen molar-refractivity contribution in [3.63, 3.8) is 0 Å². The molecule has 28 heavy (non-hydrogen) atoms. The molecule has 3 aromatic carbocycles. The van der Waals surface area contributed by atoms with Gasteiger partial charge >= 0.3 is 0 Å². The van der Waals surface area contributed by atoms with E-state index in [0.717, 1.165) is 10.8 Å². The highest BCUT2D eigenvalue weighted by Crippen LogP contribution is 2.31. The second kappa shape index (κ2) is 7.11. The van der Waals surface area contributed by atoms with Crippen molar-refractivity contribution in [1.82, 2.24) is 0 Å². The highest BCUT2D eigenvalue weighted by Gasteiger charge is 2.27. The average molecular weight is 375 g/mol. The van der Waals surface area contributed by atoms with E-state index in [4.69, 9.17) is 0 Å². The summed E-state index contributed by atoms with van der Waals surface area (Å²) in [4.78, 5) is 36.9. The van der Waals surface area contributed by atoms with Crippen LogP contribution in [0.3, 0.4) is 0 Å². The van der Waals surface area contributed by atoms with Gasteiger partial charge < -0.3 is 10.2 Å². The van der Waals surface area contributed by atoms with E-state index >= 15 is 0 Å². The third-order valence-corrected chi connectivity index (χ3v) is 4.84. The van der Waals surface area contributed by atoms with Crippen LogP contribution in [0.25, 0.3) is 10.8 Å². The smallest absolute Gasteiger partial charge is 0.269 e. The highest BCUT2D eigenvalue weighted by molar-refractivity contribution is 6.07. The topological polar surface area (TPSA) is 92.5 Å².